The molecule has 1 aliphatic carbocycles. The summed E-state index contributed by atoms with van der Waals surface area (Å²) in [7, 11) is -1.42. The number of allylic oxidation sites excluding steroid dienone is 5. The van der Waals surface area contributed by atoms with Crippen LogP contribution in [0.5, 0.6) is 0 Å². The lowest BCUT2D eigenvalue weighted by Crippen LogP contribution is -2.15. The van der Waals surface area contributed by atoms with Gasteiger partial charge in [0.2, 0.25) is 0 Å². The Balaban J connectivity index is 1.97. The maximum absolute atomic E-state index is 12.7. The summed E-state index contributed by atoms with van der Waals surface area (Å²) in [6, 6.07) is 6.07. The quantitative estimate of drug-likeness (QED) is 0.714. The molecule has 0 aliphatic heterocycles. The summed E-state index contributed by atoms with van der Waals surface area (Å²) in [6.07, 6.45) is 7.65. The summed E-state index contributed by atoms with van der Waals surface area (Å²) < 4.78 is 12.7. The molecule has 92 valence electrons. The van der Waals surface area contributed by atoms with Gasteiger partial charge in [-0.2, -0.15) is 0 Å². The van der Waals surface area contributed by atoms with Crippen molar-refractivity contribution in [3.63, 3.8) is 0 Å². The Bertz CT molecular complexity index is 506. The fourth-order valence-corrected chi connectivity index (χ4v) is 1.60. The molecule has 0 fully saturated rings. The van der Waals surface area contributed by atoms with Crippen LogP contribution >= 0.6 is 0 Å². The molecule has 2 rings (SSSR count). The highest BCUT2D eigenvalue weighted by Gasteiger charge is 2.13. The van der Waals surface area contributed by atoms with Crippen LogP contribution in [0.2, 0.25) is 0 Å². The first-order valence-corrected chi connectivity index (χ1v) is 5.60. The highest BCUT2D eigenvalue weighted by Crippen LogP contribution is 2.17. The maximum atomic E-state index is 12.7. The molecule has 0 bridgehead atoms. The fourth-order valence-electron chi connectivity index (χ4n) is 1.60. The predicted octanol–water partition coefficient (Wildman–Crippen LogP) is 2.02. The molecule has 0 saturated carbocycles. The minimum Gasteiger partial charge on any atom is -0.423 e. The maximum Gasteiger partial charge on any atom is 0.488 e. The molecular weight excluding hydrogens is 232 g/mol. The molecule has 5 heteroatoms. The van der Waals surface area contributed by atoms with E-state index < -0.39 is 7.12 Å². The van der Waals surface area contributed by atoms with Gasteiger partial charge in [0, 0.05) is 11.9 Å². The molecule has 0 unspecified atom stereocenters. The summed E-state index contributed by atoms with van der Waals surface area (Å²) in [4.78, 5) is 0. The van der Waals surface area contributed by atoms with Crippen LogP contribution in [-0.4, -0.2) is 17.2 Å². The van der Waals surface area contributed by atoms with Gasteiger partial charge in [0.25, 0.3) is 0 Å². The second-order valence-corrected chi connectivity index (χ2v) is 3.99. The molecule has 0 amide bonds. The summed E-state index contributed by atoms with van der Waals surface area (Å²) in [5.74, 6) is -0.268. The van der Waals surface area contributed by atoms with Crippen molar-refractivity contribution in [3.05, 3.63) is 65.6 Å². The number of halogens is 1. The average molecular weight is 245 g/mol. The third-order valence-electron chi connectivity index (χ3n) is 2.63. The van der Waals surface area contributed by atoms with E-state index in [4.69, 9.17) is 10.0 Å². The molecule has 0 spiro atoms. The lowest BCUT2D eigenvalue weighted by molar-refractivity contribution is 0.420. The first kappa shape index (κ1) is 12.6. The van der Waals surface area contributed by atoms with Crippen LogP contribution in [0, 0.1) is 5.82 Å². The zero-order valence-electron chi connectivity index (χ0n) is 9.68. The largest absolute Gasteiger partial charge is 0.488 e. The molecule has 1 aromatic rings. The van der Waals surface area contributed by atoms with Crippen LogP contribution in [0.25, 0.3) is 0 Å². The molecule has 3 nitrogen and oxygen atoms in total. The summed E-state index contributed by atoms with van der Waals surface area (Å²) in [5, 5.41) is 21.0. The smallest absolute Gasteiger partial charge is 0.423 e. The number of hydrogen-bond acceptors (Lipinski definition) is 3. The number of rotatable bonds is 3. The van der Waals surface area contributed by atoms with Gasteiger partial charge < -0.3 is 15.4 Å². The Hall–Kier alpha value is -1.85. The van der Waals surface area contributed by atoms with Crippen LogP contribution in [0.1, 0.15) is 6.42 Å². The molecule has 0 radical (unpaired) electrons. The molecule has 0 atom stereocenters. The second-order valence-electron chi connectivity index (χ2n) is 3.99. The molecule has 3 N–H and O–H groups in total. The standard InChI is InChI=1S/C13H13BFNO2/c15-12-5-7-13(8-6-12)16-9-10-1-3-11(4-2-10)14(17)18/h1,3-9,16-18H,2H2. The van der Waals surface area contributed by atoms with E-state index >= 15 is 0 Å². The zero-order valence-corrected chi connectivity index (χ0v) is 9.68. The number of benzene rings is 1. The normalized spacial score (nSPS) is 16.6. The van der Waals surface area contributed by atoms with Crippen LogP contribution in [-0.2, 0) is 0 Å². The number of nitrogens with one attached hydrogen (secondary N) is 1. The first-order valence-electron chi connectivity index (χ1n) is 5.60. The van der Waals surface area contributed by atoms with Gasteiger partial charge in [0.05, 0.1) is 0 Å². The van der Waals surface area contributed by atoms with Crippen molar-refractivity contribution in [1.29, 1.82) is 0 Å². The summed E-state index contributed by atoms with van der Waals surface area (Å²) in [5.41, 5.74) is 2.30. The van der Waals surface area contributed by atoms with Gasteiger partial charge >= 0.3 is 7.12 Å². The first-order chi connectivity index (χ1) is 8.65. The van der Waals surface area contributed by atoms with Crippen molar-refractivity contribution in [2.45, 2.75) is 6.42 Å². The van der Waals surface area contributed by atoms with Crippen LogP contribution < -0.4 is 5.32 Å². The van der Waals surface area contributed by atoms with Crippen LogP contribution in [0.15, 0.2) is 59.7 Å². The van der Waals surface area contributed by atoms with E-state index in [2.05, 4.69) is 5.32 Å². The van der Waals surface area contributed by atoms with Crippen molar-refractivity contribution >= 4 is 12.8 Å². The van der Waals surface area contributed by atoms with Gasteiger partial charge in [-0.1, -0.05) is 18.2 Å². The highest BCUT2D eigenvalue weighted by molar-refractivity contribution is 6.51. The minimum absolute atomic E-state index is 0.268. The van der Waals surface area contributed by atoms with Gasteiger partial charge in [0.15, 0.2) is 0 Å². The molecule has 18 heavy (non-hydrogen) atoms. The monoisotopic (exact) mass is 245 g/mol. The molecule has 1 aliphatic rings. The minimum atomic E-state index is -1.42. The average Bonchev–Trinajstić information content (AvgIpc) is 2.38. The molecule has 0 aromatic heterocycles. The van der Waals surface area contributed by atoms with E-state index in [0.29, 0.717) is 11.9 Å². The van der Waals surface area contributed by atoms with Crippen molar-refractivity contribution < 1.29 is 14.4 Å². The second kappa shape index (κ2) is 5.66. The Labute approximate surface area is 105 Å². The summed E-state index contributed by atoms with van der Waals surface area (Å²) >= 11 is 0. The van der Waals surface area contributed by atoms with Crippen LogP contribution in [0.3, 0.4) is 0 Å². The van der Waals surface area contributed by atoms with Crippen LogP contribution in [0.4, 0.5) is 10.1 Å². The van der Waals surface area contributed by atoms with E-state index in [-0.39, 0.29) is 5.82 Å². The van der Waals surface area contributed by atoms with Gasteiger partial charge in [-0.15, -0.1) is 0 Å². The molecular formula is C13H13BFNO2. The van der Waals surface area contributed by atoms with E-state index in [1.54, 1.807) is 30.5 Å². The summed E-state index contributed by atoms with van der Waals surface area (Å²) in [6.45, 7) is 0. The number of anilines is 1. The van der Waals surface area contributed by atoms with Gasteiger partial charge in [-0.25, -0.2) is 4.39 Å². The third kappa shape index (κ3) is 3.32. The Morgan fingerprint density at radius 3 is 2.44 bits per heavy atom. The lowest BCUT2D eigenvalue weighted by Gasteiger charge is -2.09. The fraction of sp³-hybridized carbons (Fsp3) is 0.0769. The molecule has 0 saturated heterocycles. The Kier molecular flexibility index (Phi) is 3.97. The molecule has 1 aromatic carbocycles. The van der Waals surface area contributed by atoms with Crippen molar-refractivity contribution in [2.24, 2.45) is 0 Å². The predicted molar refractivity (Wildman–Crippen MR) is 70.1 cm³/mol. The van der Waals surface area contributed by atoms with Crippen molar-refractivity contribution in [1.82, 2.24) is 0 Å². The van der Waals surface area contributed by atoms with E-state index in [1.165, 1.54) is 12.1 Å². The van der Waals surface area contributed by atoms with Crippen molar-refractivity contribution in [2.75, 3.05) is 5.32 Å². The van der Waals surface area contributed by atoms with Gasteiger partial charge in [-0.3, -0.25) is 0 Å². The third-order valence-corrected chi connectivity index (χ3v) is 2.63. The lowest BCUT2D eigenvalue weighted by atomic mass is 9.76. The number of hydrogen-bond donors (Lipinski definition) is 3. The van der Waals surface area contributed by atoms with E-state index in [0.717, 1.165) is 11.3 Å². The topological polar surface area (TPSA) is 52.5 Å². The van der Waals surface area contributed by atoms with Crippen molar-refractivity contribution in [3.8, 4) is 0 Å². The Morgan fingerprint density at radius 1 is 1.17 bits per heavy atom. The van der Waals surface area contributed by atoms with E-state index in [1.807, 2.05) is 6.08 Å². The highest BCUT2D eigenvalue weighted by atomic mass is 19.1. The van der Waals surface area contributed by atoms with E-state index in [9.17, 15) is 4.39 Å². The zero-order chi connectivity index (χ0) is 13.0. The molecule has 0 heterocycles. The SMILES string of the molecule is OB(O)C1=CCC(=CNc2ccc(F)cc2)C=C1. The van der Waals surface area contributed by atoms with Gasteiger partial charge in [-0.05, 0) is 41.7 Å². The van der Waals surface area contributed by atoms with Gasteiger partial charge in [0.1, 0.15) is 5.82 Å². The Morgan fingerprint density at radius 2 is 1.89 bits per heavy atom.